The second-order valence-electron chi connectivity index (χ2n) is 5.82. The lowest BCUT2D eigenvalue weighted by Crippen LogP contribution is -2.24. The summed E-state index contributed by atoms with van der Waals surface area (Å²) in [6.45, 7) is 0.924. The first kappa shape index (κ1) is 15.6. The molecule has 2 atom stereocenters. The van der Waals surface area contributed by atoms with E-state index in [9.17, 15) is 13.9 Å². The van der Waals surface area contributed by atoms with E-state index in [0.717, 1.165) is 11.1 Å². The Morgan fingerprint density at radius 1 is 1.22 bits per heavy atom. The molecule has 1 heterocycles. The standard InChI is InChI=1S/C18H16F2N2O/c19-15-3-1-2-13(7-15)18-8-16(23)11-22(18)10-12-4-5-17(20)14(6-12)9-21/h1-7,16,18,23H,8,10-11H2/t16-,18+/m0/s1. The number of aliphatic hydroxyl groups excluding tert-OH is 1. The van der Waals surface area contributed by atoms with Crippen LogP contribution in [0.15, 0.2) is 42.5 Å². The van der Waals surface area contributed by atoms with E-state index in [2.05, 4.69) is 0 Å². The molecule has 3 nitrogen and oxygen atoms in total. The third kappa shape index (κ3) is 3.39. The molecule has 0 radical (unpaired) electrons. The van der Waals surface area contributed by atoms with Gasteiger partial charge in [0.15, 0.2) is 0 Å². The zero-order valence-electron chi connectivity index (χ0n) is 12.4. The van der Waals surface area contributed by atoms with Crippen LogP contribution in [0.25, 0.3) is 0 Å². The van der Waals surface area contributed by atoms with Gasteiger partial charge in [-0.25, -0.2) is 8.78 Å². The molecule has 1 aliphatic rings. The van der Waals surface area contributed by atoms with Crippen LogP contribution in [0.5, 0.6) is 0 Å². The fourth-order valence-electron chi connectivity index (χ4n) is 3.11. The lowest BCUT2D eigenvalue weighted by atomic mass is 10.0. The van der Waals surface area contributed by atoms with Crippen LogP contribution in [0.2, 0.25) is 0 Å². The molecule has 2 aromatic carbocycles. The summed E-state index contributed by atoms with van der Waals surface area (Å²) in [6.07, 6.45) is 0.0367. The van der Waals surface area contributed by atoms with Gasteiger partial charge in [-0.15, -0.1) is 0 Å². The molecule has 2 aromatic rings. The van der Waals surface area contributed by atoms with Crippen LogP contribution < -0.4 is 0 Å². The number of hydrogen-bond acceptors (Lipinski definition) is 3. The molecule has 0 bridgehead atoms. The summed E-state index contributed by atoms with van der Waals surface area (Å²) in [5.41, 5.74) is 1.60. The van der Waals surface area contributed by atoms with Gasteiger partial charge in [-0.3, -0.25) is 4.90 Å². The average Bonchev–Trinajstić information content (AvgIpc) is 2.90. The van der Waals surface area contributed by atoms with Crippen molar-refractivity contribution >= 4 is 0 Å². The second kappa shape index (κ2) is 6.45. The SMILES string of the molecule is N#Cc1cc(CN2C[C@@H](O)C[C@@H]2c2cccc(F)c2)ccc1F. The first-order valence-corrected chi connectivity index (χ1v) is 7.43. The van der Waals surface area contributed by atoms with Gasteiger partial charge in [-0.2, -0.15) is 5.26 Å². The molecule has 5 heteroatoms. The quantitative estimate of drug-likeness (QED) is 0.947. The van der Waals surface area contributed by atoms with E-state index in [1.54, 1.807) is 12.1 Å². The minimum Gasteiger partial charge on any atom is -0.392 e. The number of aliphatic hydroxyl groups is 1. The van der Waals surface area contributed by atoms with Crippen molar-refractivity contribution in [2.24, 2.45) is 0 Å². The smallest absolute Gasteiger partial charge is 0.140 e. The van der Waals surface area contributed by atoms with Crippen molar-refractivity contribution in [1.82, 2.24) is 4.90 Å². The molecule has 0 aliphatic carbocycles. The fraction of sp³-hybridized carbons (Fsp3) is 0.278. The van der Waals surface area contributed by atoms with Gasteiger partial charge in [0.05, 0.1) is 11.7 Å². The molecular formula is C18H16F2N2O. The van der Waals surface area contributed by atoms with Gasteiger partial charge in [0.2, 0.25) is 0 Å². The highest BCUT2D eigenvalue weighted by Gasteiger charge is 2.32. The number of benzene rings is 2. The third-order valence-corrected chi connectivity index (χ3v) is 4.15. The van der Waals surface area contributed by atoms with Gasteiger partial charge in [0.1, 0.15) is 17.7 Å². The van der Waals surface area contributed by atoms with Crippen LogP contribution in [-0.2, 0) is 6.54 Å². The number of rotatable bonds is 3. The second-order valence-corrected chi connectivity index (χ2v) is 5.82. The normalized spacial score (nSPS) is 21.3. The number of halogens is 2. The highest BCUT2D eigenvalue weighted by Crippen LogP contribution is 2.33. The van der Waals surface area contributed by atoms with Crippen molar-refractivity contribution in [3.05, 3.63) is 70.8 Å². The lowest BCUT2D eigenvalue weighted by Gasteiger charge is -2.24. The highest BCUT2D eigenvalue weighted by atomic mass is 19.1. The topological polar surface area (TPSA) is 47.3 Å². The molecule has 0 saturated carbocycles. The lowest BCUT2D eigenvalue weighted by molar-refractivity contribution is 0.172. The van der Waals surface area contributed by atoms with E-state index in [4.69, 9.17) is 5.26 Å². The van der Waals surface area contributed by atoms with Gasteiger partial charge < -0.3 is 5.11 Å². The summed E-state index contributed by atoms with van der Waals surface area (Å²) in [6, 6.07) is 12.5. The van der Waals surface area contributed by atoms with Crippen molar-refractivity contribution in [2.75, 3.05) is 6.54 Å². The Kier molecular flexibility index (Phi) is 4.37. The Labute approximate surface area is 133 Å². The summed E-state index contributed by atoms with van der Waals surface area (Å²) < 4.78 is 26.9. The molecule has 23 heavy (non-hydrogen) atoms. The predicted molar refractivity (Wildman–Crippen MR) is 81.3 cm³/mol. The van der Waals surface area contributed by atoms with Crippen LogP contribution in [-0.4, -0.2) is 22.7 Å². The number of nitrogens with zero attached hydrogens (tertiary/aromatic N) is 2. The molecule has 0 spiro atoms. The van der Waals surface area contributed by atoms with Gasteiger partial charge >= 0.3 is 0 Å². The summed E-state index contributed by atoms with van der Waals surface area (Å²) >= 11 is 0. The number of likely N-dealkylation sites (tertiary alicyclic amines) is 1. The third-order valence-electron chi connectivity index (χ3n) is 4.15. The molecular weight excluding hydrogens is 298 g/mol. The van der Waals surface area contributed by atoms with E-state index in [-0.39, 0.29) is 17.4 Å². The first-order valence-electron chi connectivity index (χ1n) is 7.43. The maximum atomic E-state index is 13.5. The Bertz CT molecular complexity index is 757. The number of hydrogen-bond donors (Lipinski definition) is 1. The molecule has 1 N–H and O–H groups in total. The minimum atomic E-state index is -0.542. The molecule has 1 fully saturated rings. The van der Waals surface area contributed by atoms with E-state index in [1.165, 1.54) is 24.3 Å². The van der Waals surface area contributed by atoms with E-state index >= 15 is 0 Å². The molecule has 0 amide bonds. The van der Waals surface area contributed by atoms with Crippen LogP contribution in [0.3, 0.4) is 0 Å². The van der Waals surface area contributed by atoms with Crippen molar-refractivity contribution in [3.8, 4) is 6.07 Å². The predicted octanol–water partition coefficient (Wildman–Crippen LogP) is 3.14. The molecule has 1 saturated heterocycles. The van der Waals surface area contributed by atoms with Crippen molar-refractivity contribution in [1.29, 1.82) is 5.26 Å². The van der Waals surface area contributed by atoms with E-state index < -0.39 is 11.9 Å². The number of nitriles is 1. The average molecular weight is 314 g/mol. The van der Waals surface area contributed by atoms with E-state index in [0.29, 0.717) is 19.5 Å². The van der Waals surface area contributed by atoms with Gasteiger partial charge in [0, 0.05) is 19.1 Å². The van der Waals surface area contributed by atoms with Crippen LogP contribution in [0.1, 0.15) is 29.2 Å². The summed E-state index contributed by atoms with van der Waals surface area (Å²) in [7, 11) is 0. The molecule has 3 rings (SSSR count). The first-order chi connectivity index (χ1) is 11.1. The van der Waals surface area contributed by atoms with Crippen molar-refractivity contribution in [2.45, 2.75) is 25.1 Å². The maximum Gasteiger partial charge on any atom is 0.140 e. The van der Waals surface area contributed by atoms with Gasteiger partial charge in [0.25, 0.3) is 0 Å². The Balaban J connectivity index is 1.84. The van der Waals surface area contributed by atoms with Gasteiger partial charge in [-0.1, -0.05) is 18.2 Å². The van der Waals surface area contributed by atoms with Gasteiger partial charge in [-0.05, 0) is 41.8 Å². The molecule has 118 valence electrons. The highest BCUT2D eigenvalue weighted by molar-refractivity contribution is 5.34. The summed E-state index contributed by atoms with van der Waals surface area (Å²) in [5, 5.41) is 18.9. The van der Waals surface area contributed by atoms with Crippen LogP contribution in [0, 0.1) is 23.0 Å². The monoisotopic (exact) mass is 314 g/mol. The Morgan fingerprint density at radius 3 is 2.78 bits per heavy atom. The zero-order chi connectivity index (χ0) is 16.4. The molecule has 0 unspecified atom stereocenters. The fourth-order valence-corrected chi connectivity index (χ4v) is 3.11. The molecule has 0 aromatic heterocycles. The number of β-amino-alcohol motifs (C(OH)–C–C–N with tert-alkyl or cyclic N) is 1. The molecule has 1 aliphatic heterocycles. The van der Waals surface area contributed by atoms with Crippen molar-refractivity contribution in [3.63, 3.8) is 0 Å². The Morgan fingerprint density at radius 2 is 2.04 bits per heavy atom. The summed E-state index contributed by atoms with van der Waals surface area (Å²) in [4.78, 5) is 2.02. The minimum absolute atomic E-state index is 0.00421. The zero-order valence-corrected chi connectivity index (χ0v) is 12.4. The summed E-state index contributed by atoms with van der Waals surface area (Å²) in [5.74, 6) is -0.850. The Hall–Kier alpha value is -2.29. The van der Waals surface area contributed by atoms with Crippen LogP contribution >= 0.6 is 0 Å². The maximum absolute atomic E-state index is 13.5. The van der Waals surface area contributed by atoms with Crippen molar-refractivity contribution < 1.29 is 13.9 Å². The van der Waals surface area contributed by atoms with E-state index in [1.807, 2.05) is 17.0 Å². The van der Waals surface area contributed by atoms with Crippen LogP contribution in [0.4, 0.5) is 8.78 Å². The largest absolute Gasteiger partial charge is 0.392 e.